The first-order chi connectivity index (χ1) is 11.6. The van der Waals surface area contributed by atoms with Gasteiger partial charge in [0.25, 0.3) is 5.91 Å². The van der Waals surface area contributed by atoms with Gasteiger partial charge in [0.1, 0.15) is 5.69 Å². The van der Waals surface area contributed by atoms with Gasteiger partial charge in [0.15, 0.2) is 0 Å². The maximum atomic E-state index is 12.9. The summed E-state index contributed by atoms with van der Waals surface area (Å²) >= 11 is 5.99. The Morgan fingerprint density at radius 2 is 1.92 bits per heavy atom. The number of fused-ring (bicyclic) bond motifs is 3. The van der Waals surface area contributed by atoms with Crippen molar-refractivity contribution in [3.05, 3.63) is 53.3 Å². The van der Waals surface area contributed by atoms with Gasteiger partial charge in [-0.1, -0.05) is 23.7 Å². The first-order valence-corrected chi connectivity index (χ1v) is 8.01. The molecule has 120 valence electrons. The van der Waals surface area contributed by atoms with Crippen molar-refractivity contribution < 1.29 is 9.59 Å². The number of nitrogens with zero attached hydrogens (tertiary/aromatic N) is 3. The van der Waals surface area contributed by atoms with Gasteiger partial charge in [0.2, 0.25) is 5.91 Å². The summed E-state index contributed by atoms with van der Waals surface area (Å²) in [6.07, 6.45) is 1.71. The Bertz CT molecular complexity index is 976. The Kier molecular flexibility index (Phi) is 3.39. The molecule has 0 spiro atoms. The van der Waals surface area contributed by atoms with Crippen molar-refractivity contribution in [1.82, 2.24) is 14.5 Å². The monoisotopic (exact) mass is 339 g/mol. The van der Waals surface area contributed by atoms with E-state index in [0.29, 0.717) is 23.8 Å². The molecule has 5 nitrogen and oxygen atoms in total. The average molecular weight is 340 g/mol. The van der Waals surface area contributed by atoms with Crippen LogP contribution in [0.3, 0.4) is 0 Å². The van der Waals surface area contributed by atoms with Crippen LogP contribution in [0.15, 0.2) is 42.6 Å². The predicted octanol–water partition coefficient (Wildman–Crippen LogP) is 3.36. The summed E-state index contributed by atoms with van der Waals surface area (Å²) in [5, 5.41) is 0.626. The van der Waals surface area contributed by atoms with Crippen molar-refractivity contribution in [2.75, 3.05) is 6.54 Å². The van der Waals surface area contributed by atoms with Crippen molar-refractivity contribution in [1.29, 1.82) is 0 Å². The summed E-state index contributed by atoms with van der Waals surface area (Å²) in [4.78, 5) is 30.5. The summed E-state index contributed by atoms with van der Waals surface area (Å²) in [5.41, 5.74) is 3.77. The Morgan fingerprint density at radius 1 is 1.17 bits per heavy atom. The van der Waals surface area contributed by atoms with Crippen LogP contribution in [0.2, 0.25) is 5.02 Å². The average Bonchev–Trinajstić information content (AvgIpc) is 2.91. The second-order valence-corrected chi connectivity index (χ2v) is 6.17. The first-order valence-electron chi connectivity index (χ1n) is 7.63. The third-order valence-electron chi connectivity index (χ3n) is 4.33. The van der Waals surface area contributed by atoms with Crippen LogP contribution in [0.4, 0.5) is 0 Å². The van der Waals surface area contributed by atoms with Crippen molar-refractivity contribution in [3.63, 3.8) is 0 Å². The van der Waals surface area contributed by atoms with Gasteiger partial charge in [-0.3, -0.25) is 19.5 Å². The lowest BCUT2D eigenvalue weighted by Gasteiger charge is -2.26. The van der Waals surface area contributed by atoms with Crippen molar-refractivity contribution in [3.8, 4) is 11.1 Å². The summed E-state index contributed by atoms with van der Waals surface area (Å²) < 4.78 is 1.95. The Balaban J connectivity index is 2.04. The highest BCUT2D eigenvalue weighted by Crippen LogP contribution is 2.36. The quantitative estimate of drug-likeness (QED) is 0.683. The number of amides is 2. The van der Waals surface area contributed by atoms with Crippen LogP contribution in [0.25, 0.3) is 22.2 Å². The molecule has 0 N–H and O–H groups in total. The molecule has 0 saturated heterocycles. The molecular formula is C18H14ClN3O2. The van der Waals surface area contributed by atoms with Crippen LogP contribution in [0.1, 0.15) is 17.4 Å². The van der Waals surface area contributed by atoms with Crippen LogP contribution >= 0.6 is 11.6 Å². The number of hydrogen-bond acceptors (Lipinski definition) is 3. The highest BCUT2D eigenvalue weighted by molar-refractivity contribution is 6.30. The Labute approximate surface area is 143 Å². The number of hydrogen-bond donors (Lipinski definition) is 0. The maximum absolute atomic E-state index is 12.9. The molecule has 0 radical (unpaired) electrons. The van der Waals surface area contributed by atoms with Crippen LogP contribution in [-0.4, -0.2) is 32.8 Å². The number of benzene rings is 1. The van der Waals surface area contributed by atoms with Crippen molar-refractivity contribution in [2.45, 2.75) is 13.5 Å². The van der Waals surface area contributed by atoms with E-state index in [-0.39, 0.29) is 11.8 Å². The number of pyridine rings is 1. The predicted molar refractivity (Wildman–Crippen MR) is 91.9 cm³/mol. The molecule has 24 heavy (non-hydrogen) atoms. The van der Waals surface area contributed by atoms with Crippen LogP contribution in [0, 0.1) is 0 Å². The Morgan fingerprint density at radius 3 is 2.62 bits per heavy atom. The second kappa shape index (κ2) is 5.46. The molecule has 0 aliphatic carbocycles. The molecular weight excluding hydrogens is 326 g/mol. The molecule has 0 atom stereocenters. The maximum Gasteiger partial charge on any atom is 0.277 e. The zero-order valence-electron chi connectivity index (χ0n) is 13.0. The fraction of sp³-hybridized carbons (Fsp3) is 0.167. The molecule has 3 heterocycles. The molecule has 4 rings (SSSR count). The van der Waals surface area contributed by atoms with E-state index in [2.05, 4.69) is 4.98 Å². The van der Waals surface area contributed by atoms with Gasteiger partial charge >= 0.3 is 0 Å². The lowest BCUT2D eigenvalue weighted by atomic mass is 10.0. The standard InChI is InChI=1S/C18H14ClN3O2/c1-11(23)21-9-10-22-14-3-2-8-20-16(14)15(17(22)18(21)24)12-4-6-13(19)7-5-12/h2-8H,9-10H2,1H3. The van der Waals surface area contributed by atoms with E-state index in [4.69, 9.17) is 11.6 Å². The highest BCUT2D eigenvalue weighted by atomic mass is 35.5. The second-order valence-electron chi connectivity index (χ2n) is 5.73. The summed E-state index contributed by atoms with van der Waals surface area (Å²) in [7, 11) is 0. The Hall–Kier alpha value is -2.66. The number of rotatable bonds is 1. The van der Waals surface area contributed by atoms with Crippen molar-refractivity contribution >= 4 is 34.4 Å². The van der Waals surface area contributed by atoms with Gasteiger partial charge in [0.05, 0.1) is 11.0 Å². The highest BCUT2D eigenvalue weighted by Gasteiger charge is 2.33. The number of imide groups is 1. The molecule has 1 aliphatic heterocycles. The lowest BCUT2D eigenvalue weighted by molar-refractivity contribution is -0.126. The smallest absolute Gasteiger partial charge is 0.277 e. The van der Waals surface area contributed by atoms with E-state index in [1.54, 1.807) is 18.3 Å². The molecule has 0 unspecified atom stereocenters. The molecule has 0 fully saturated rings. The van der Waals surface area contributed by atoms with Gasteiger partial charge in [-0.25, -0.2) is 0 Å². The molecule has 1 aliphatic rings. The zero-order chi connectivity index (χ0) is 16.8. The molecule has 0 saturated carbocycles. The first kappa shape index (κ1) is 14.9. The van der Waals surface area contributed by atoms with E-state index in [9.17, 15) is 9.59 Å². The number of aromatic nitrogens is 2. The van der Waals surface area contributed by atoms with Gasteiger partial charge in [-0.05, 0) is 29.8 Å². The van der Waals surface area contributed by atoms with Gasteiger partial charge < -0.3 is 4.57 Å². The normalized spacial score (nSPS) is 14.1. The minimum Gasteiger partial charge on any atom is -0.333 e. The van der Waals surface area contributed by atoms with E-state index in [1.165, 1.54) is 11.8 Å². The number of carbonyl (C=O) groups excluding carboxylic acids is 2. The largest absolute Gasteiger partial charge is 0.333 e. The number of carbonyl (C=O) groups is 2. The van der Waals surface area contributed by atoms with E-state index >= 15 is 0 Å². The minimum atomic E-state index is -0.281. The van der Waals surface area contributed by atoms with Crippen LogP contribution in [0.5, 0.6) is 0 Å². The zero-order valence-corrected chi connectivity index (χ0v) is 13.7. The SMILES string of the molecule is CC(=O)N1CCn2c(c(-c3ccc(Cl)cc3)c3ncccc32)C1=O. The topological polar surface area (TPSA) is 55.2 Å². The van der Waals surface area contributed by atoms with E-state index in [1.807, 2.05) is 28.8 Å². The lowest BCUT2D eigenvalue weighted by Crippen LogP contribution is -2.43. The summed E-state index contributed by atoms with van der Waals surface area (Å²) in [6.45, 7) is 2.35. The number of halogens is 1. The molecule has 2 aromatic heterocycles. The van der Waals surface area contributed by atoms with Crippen LogP contribution in [-0.2, 0) is 11.3 Å². The van der Waals surface area contributed by atoms with Crippen LogP contribution < -0.4 is 0 Å². The molecule has 0 bridgehead atoms. The van der Waals surface area contributed by atoms with Crippen molar-refractivity contribution in [2.24, 2.45) is 0 Å². The van der Waals surface area contributed by atoms with Gasteiger partial charge in [0, 0.05) is 36.8 Å². The van der Waals surface area contributed by atoms with E-state index in [0.717, 1.165) is 22.2 Å². The minimum absolute atomic E-state index is 0.244. The summed E-state index contributed by atoms with van der Waals surface area (Å²) in [5.74, 6) is -0.525. The van der Waals surface area contributed by atoms with E-state index < -0.39 is 0 Å². The molecule has 1 aromatic carbocycles. The fourth-order valence-electron chi connectivity index (χ4n) is 3.25. The summed E-state index contributed by atoms with van der Waals surface area (Å²) in [6, 6.07) is 11.1. The third-order valence-corrected chi connectivity index (χ3v) is 4.58. The third kappa shape index (κ3) is 2.12. The molecule has 6 heteroatoms. The molecule has 2 amide bonds. The van der Waals surface area contributed by atoms with Gasteiger partial charge in [-0.2, -0.15) is 0 Å². The molecule has 3 aromatic rings. The fourth-order valence-corrected chi connectivity index (χ4v) is 3.38. The van der Waals surface area contributed by atoms with Gasteiger partial charge in [-0.15, -0.1) is 0 Å².